The van der Waals surface area contributed by atoms with E-state index < -0.39 is 6.10 Å². The summed E-state index contributed by atoms with van der Waals surface area (Å²) >= 11 is 7.53. The lowest BCUT2D eigenvalue weighted by Gasteiger charge is -2.24. The van der Waals surface area contributed by atoms with Gasteiger partial charge in [-0.15, -0.1) is 0 Å². The fourth-order valence-electron chi connectivity index (χ4n) is 4.40. The highest BCUT2D eigenvalue weighted by Crippen LogP contribution is 2.45. The van der Waals surface area contributed by atoms with E-state index in [1.807, 2.05) is 39.0 Å². The number of rotatable bonds is 6. The van der Waals surface area contributed by atoms with Crippen molar-refractivity contribution in [3.63, 3.8) is 0 Å². The minimum absolute atomic E-state index is 0.367. The van der Waals surface area contributed by atoms with Crippen LogP contribution < -0.4 is 10.7 Å². The first-order valence-corrected chi connectivity index (χ1v) is 13.3. The molecule has 35 heavy (non-hydrogen) atoms. The molecule has 1 aliphatic carbocycles. The summed E-state index contributed by atoms with van der Waals surface area (Å²) in [6, 6.07) is 13.2. The Morgan fingerprint density at radius 2 is 1.80 bits per heavy atom. The van der Waals surface area contributed by atoms with Gasteiger partial charge >= 0.3 is 5.97 Å². The fourth-order valence-corrected chi connectivity index (χ4v) is 5.88. The van der Waals surface area contributed by atoms with Crippen molar-refractivity contribution in [1.29, 1.82) is 0 Å². The quantitative estimate of drug-likeness (QED) is 0.180. The van der Waals surface area contributed by atoms with Crippen LogP contribution in [0.5, 0.6) is 0 Å². The summed E-state index contributed by atoms with van der Waals surface area (Å²) in [6.07, 6.45) is -0.527. The van der Waals surface area contributed by atoms with Gasteiger partial charge in [-0.3, -0.25) is 4.99 Å². The number of carbonyl (C=O) groups is 1. The SMILES string of the molecule is CCN=c1c(C)cc2c(C(C)OC(=O)c3ccccc3)c3cc(C)c(NCC)c(Br)c3oc-2c1Br. The minimum Gasteiger partial charge on any atom is -0.454 e. The molecule has 1 aliphatic heterocycles. The summed E-state index contributed by atoms with van der Waals surface area (Å²) in [5.74, 6) is 0.300. The van der Waals surface area contributed by atoms with Crippen LogP contribution in [0.4, 0.5) is 5.69 Å². The van der Waals surface area contributed by atoms with E-state index in [-0.39, 0.29) is 5.97 Å². The molecular formula is C28H28Br2N2O3. The van der Waals surface area contributed by atoms with Gasteiger partial charge in [0.15, 0.2) is 11.3 Å². The first-order valence-electron chi connectivity index (χ1n) is 11.7. The number of anilines is 1. The van der Waals surface area contributed by atoms with Crippen LogP contribution in [0, 0.1) is 13.8 Å². The number of esters is 1. The molecular weight excluding hydrogens is 572 g/mol. The maximum Gasteiger partial charge on any atom is 0.338 e. The molecule has 0 bridgehead atoms. The molecule has 2 aliphatic rings. The van der Waals surface area contributed by atoms with Crippen molar-refractivity contribution < 1.29 is 13.9 Å². The van der Waals surface area contributed by atoms with Crippen molar-refractivity contribution in [2.45, 2.75) is 40.7 Å². The molecule has 0 amide bonds. The molecule has 1 N–H and O–H groups in total. The van der Waals surface area contributed by atoms with Crippen molar-refractivity contribution in [2.24, 2.45) is 4.99 Å². The summed E-state index contributed by atoms with van der Waals surface area (Å²) in [5, 5.41) is 5.17. The monoisotopic (exact) mass is 598 g/mol. The predicted octanol–water partition coefficient (Wildman–Crippen LogP) is 7.95. The molecule has 1 unspecified atom stereocenters. The van der Waals surface area contributed by atoms with Crippen molar-refractivity contribution in [3.05, 3.63) is 79.0 Å². The van der Waals surface area contributed by atoms with E-state index in [4.69, 9.17) is 9.15 Å². The maximum atomic E-state index is 13.0. The molecule has 1 atom stereocenters. The Morgan fingerprint density at radius 3 is 2.46 bits per heavy atom. The zero-order valence-electron chi connectivity index (χ0n) is 20.5. The van der Waals surface area contributed by atoms with E-state index in [1.165, 1.54) is 0 Å². The molecule has 2 aromatic carbocycles. The summed E-state index contributed by atoms with van der Waals surface area (Å²) in [5.41, 5.74) is 6.04. The van der Waals surface area contributed by atoms with Crippen molar-refractivity contribution in [3.8, 4) is 11.3 Å². The van der Waals surface area contributed by atoms with Crippen LogP contribution in [0.15, 0.2) is 60.8 Å². The Kier molecular flexibility index (Phi) is 7.67. The molecule has 7 heteroatoms. The van der Waals surface area contributed by atoms with E-state index in [1.54, 1.807) is 12.1 Å². The smallest absolute Gasteiger partial charge is 0.338 e. The Labute approximate surface area is 222 Å². The number of hydrogen-bond donors (Lipinski definition) is 1. The number of nitrogens with zero attached hydrogens (tertiary/aromatic N) is 1. The largest absolute Gasteiger partial charge is 0.454 e. The average molecular weight is 600 g/mol. The van der Waals surface area contributed by atoms with Gasteiger partial charge in [-0.1, -0.05) is 18.2 Å². The van der Waals surface area contributed by atoms with Gasteiger partial charge < -0.3 is 14.5 Å². The summed E-state index contributed by atoms with van der Waals surface area (Å²) < 4.78 is 14.2. The lowest BCUT2D eigenvalue weighted by molar-refractivity contribution is 0.0341. The van der Waals surface area contributed by atoms with Crippen LogP contribution in [0.3, 0.4) is 0 Å². The van der Waals surface area contributed by atoms with Crippen molar-refractivity contribution >= 4 is 54.5 Å². The maximum absolute atomic E-state index is 13.0. The van der Waals surface area contributed by atoms with Gasteiger partial charge in [0.25, 0.3) is 0 Å². The van der Waals surface area contributed by atoms with Crippen molar-refractivity contribution in [2.75, 3.05) is 18.4 Å². The summed E-state index contributed by atoms with van der Waals surface area (Å²) in [7, 11) is 0. The first-order chi connectivity index (χ1) is 16.8. The van der Waals surface area contributed by atoms with Crippen LogP contribution in [0.25, 0.3) is 22.3 Å². The molecule has 182 valence electrons. The Balaban J connectivity index is 2.03. The van der Waals surface area contributed by atoms with E-state index >= 15 is 0 Å². The second kappa shape index (κ2) is 10.5. The van der Waals surface area contributed by atoms with E-state index in [0.717, 1.165) is 54.2 Å². The highest BCUT2D eigenvalue weighted by Gasteiger charge is 2.28. The van der Waals surface area contributed by atoms with Gasteiger partial charge in [-0.25, -0.2) is 4.79 Å². The van der Waals surface area contributed by atoms with E-state index in [9.17, 15) is 4.79 Å². The van der Waals surface area contributed by atoms with Crippen LogP contribution in [0.1, 0.15) is 53.9 Å². The zero-order chi connectivity index (χ0) is 25.3. The molecule has 0 saturated heterocycles. The Bertz CT molecular complexity index is 1440. The van der Waals surface area contributed by atoms with E-state index in [2.05, 4.69) is 68.1 Å². The standard InChI is InChI=1S/C28H28Br2N2O3/c1-6-31-24-15(3)13-19-21(17(5)34-28(33)18-11-9-8-10-12-18)20-14-16(4)25(32-7-2)23(30)27(20)35-26(19)22(24)29/h8-14,17,31H,6-7H2,1-5H3. The van der Waals surface area contributed by atoms with Crippen LogP contribution >= 0.6 is 31.9 Å². The van der Waals surface area contributed by atoms with Gasteiger partial charge in [-0.05, 0) is 102 Å². The second-order valence-electron chi connectivity index (χ2n) is 8.43. The van der Waals surface area contributed by atoms with Gasteiger partial charge in [0.05, 0.1) is 25.6 Å². The normalized spacial score (nSPS) is 12.8. The van der Waals surface area contributed by atoms with Gasteiger partial charge in [0.2, 0.25) is 0 Å². The lowest BCUT2D eigenvalue weighted by atomic mass is 9.93. The number of benzene rings is 3. The molecule has 0 aromatic heterocycles. The van der Waals surface area contributed by atoms with Gasteiger partial charge in [0.1, 0.15) is 6.10 Å². The second-order valence-corrected chi connectivity index (χ2v) is 10.0. The third-order valence-electron chi connectivity index (χ3n) is 5.96. The number of aryl methyl sites for hydroxylation is 2. The molecule has 5 nitrogen and oxygen atoms in total. The average Bonchev–Trinajstić information content (AvgIpc) is 2.84. The predicted molar refractivity (Wildman–Crippen MR) is 148 cm³/mol. The highest BCUT2D eigenvalue weighted by molar-refractivity contribution is 9.11. The third-order valence-corrected chi connectivity index (χ3v) is 7.45. The molecule has 0 spiro atoms. The fraction of sp³-hybridized carbons (Fsp3) is 0.286. The number of halogens is 2. The number of nitrogens with one attached hydrogen (secondary N) is 1. The number of carbonyl (C=O) groups excluding carboxylic acids is 1. The molecule has 4 rings (SSSR count). The summed E-state index contributed by atoms with van der Waals surface area (Å²) in [6.45, 7) is 11.5. The molecule has 1 heterocycles. The van der Waals surface area contributed by atoms with E-state index in [0.29, 0.717) is 23.5 Å². The summed E-state index contributed by atoms with van der Waals surface area (Å²) in [4.78, 5) is 17.6. The lowest BCUT2D eigenvalue weighted by Crippen LogP contribution is -2.15. The van der Waals surface area contributed by atoms with Crippen LogP contribution in [-0.2, 0) is 4.74 Å². The van der Waals surface area contributed by atoms with Gasteiger partial charge in [0, 0.05) is 29.6 Å². The van der Waals surface area contributed by atoms with Crippen LogP contribution in [-0.4, -0.2) is 19.1 Å². The highest BCUT2D eigenvalue weighted by atomic mass is 79.9. The molecule has 0 radical (unpaired) electrons. The molecule has 0 saturated carbocycles. The number of fused-ring (bicyclic) bond motifs is 2. The Morgan fingerprint density at radius 1 is 1.09 bits per heavy atom. The molecule has 0 fully saturated rings. The van der Waals surface area contributed by atoms with Gasteiger partial charge in [-0.2, -0.15) is 0 Å². The first kappa shape index (κ1) is 25.5. The Hall–Kier alpha value is -2.64. The number of ether oxygens (including phenoxy) is 1. The van der Waals surface area contributed by atoms with Crippen molar-refractivity contribution in [1.82, 2.24) is 0 Å². The topological polar surface area (TPSA) is 63.8 Å². The third kappa shape index (κ3) is 4.76. The van der Waals surface area contributed by atoms with Crippen LogP contribution in [0.2, 0.25) is 0 Å². The number of hydrogen-bond acceptors (Lipinski definition) is 5. The minimum atomic E-state index is -0.527. The zero-order valence-corrected chi connectivity index (χ0v) is 23.6. The molecule has 2 aromatic rings.